The number of nitrogens with zero attached hydrogens (tertiary/aromatic N) is 1. The first-order valence-electron chi connectivity index (χ1n) is 7.96. The molecule has 0 saturated carbocycles. The van der Waals surface area contributed by atoms with Crippen molar-refractivity contribution in [3.63, 3.8) is 0 Å². The van der Waals surface area contributed by atoms with Crippen molar-refractivity contribution in [1.82, 2.24) is 4.98 Å². The van der Waals surface area contributed by atoms with Gasteiger partial charge in [-0.3, -0.25) is 4.98 Å². The average molecular weight is 297 g/mol. The number of benzene rings is 1. The van der Waals surface area contributed by atoms with Crippen molar-refractivity contribution in [2.24, 2.45) is 0 Å². The molecule has 4 heteroatoms. The number of hydrogen-bond acceptors (Lipinski definition) is 3. The van der Waals surface area contributed by atoms with E-state index in [2.05, 4.69) is 71.9 Å². The normalized spacial score (nSPS) is 20.0. The number of hydrogen-bond donors (Lipinski definition) is 0. The molecular formula is C18H24BNO2. The Kier molecular flexibility index (Phi) is 3.57. The number of rotatable bonds is 2. The minimum absolute atomic E-state index is 0.313. The molecular weight excluding hydrogens is 273 g/mol. The highest BCUT2D eigenvalue weighted by Gasteiger charge is 2.51. The number of pyridine rings is 1. The molecule has 2 heterocycles. The van der Waals surface area contributed by atoms with Crippen LogP contribution in [0.2, 0.25) is 0 Å². The lowest BCUT2D eigenvalue weighted by Crippen LogP contribution is -2.41. The Hall–Kier alpha value is -1.39. The van der Waals surface area contributed by atoms with Crippen LogP contribution in [0.3, 0.4) is 0 Å². The van der Waals surface area contributed by atoms with E-state index >= 15 is 0 Å². The second-order valence-electron chi connectivity index (χ2n) is 7.43. The molecule has 1 aromatic carbocycles. The van der Waals surface area contributed by atoms with Gasteiger partial charge in [0.1, 0.15) is 0 Å². The molecule has 0 radical (unpaired) electrons. The molecule has 2 aromatic rings. The van der Waals surface area contributed by atoms with Crippen molar-refractivity contribution in [1.29, 1.82) is 0 Å². The fraction of sp³-hybridized carbons (Fsp3) is 0.500. The van der Waals surface area contributed by atoms with E-state index in [0.717, 1.165) is 22.1 Å². The molecule has 3 nitrogen and oxygen atoms in total. The molecule has 3 rings (SSSR count). The molecule has 0 aliphatic carbocycles. The first-order chi connectivity index (χ1) is 10.2. The molecule has 22 heavy (non-hydrogen) atoms. The van der Waals surface area contributed by atoms with Crippen molar-refractivity contribution in [2.75, 3.05) is 0 Å². The summed E-state index contributed by atoms with van der Waals surface area (Å²) in [5, 5.41) is 1.12. The van der Waals surface area contributed by atoms with Gasteiger partial charge in [-0.15, -0.1) is 0 Å². The maximum atomic E-state index is 6.12. The van der Waals surface area contributed by atoms with Crippen LogP contribution in [0.15, 0.2) is 30.3 Å². The third-order valence-electron chi connectivity index (χ3n) is 4.85. The molecule has 1 fully saturated rings. The lowest BCUT2D eigenvalue weighted by Gasteiger charge is -2.32. The van der Waals surface area contributed by atoms with Crippen molar-refractivity contribution in [3.05, 3.63) is 36.0 Å². The smallest absolute Gasteiger partial charge is 0.399 e. The summed E-state index contributed by atoms with van der Waals surface area (Å²) in [5.74, 6) is 0.437. The zero-order valence-electron chi connectivity index (χ0n) is 14.3. The first kappa shape index (κ1) is 15.5. The molecule has 0 spiro atoms. The predicted octanol–water partition coefficient (Wildman–Crippen LogP) is 3.66. The van der Waals surface area contributed by atoms with Crippen molar-refractivity contribution < 1.29 is 9.31 Å². The maximum absolute atomic E-state index is 6.12. The monoisotopic (exact) mass is 297 g/mol. The van der Waals surface area contributed by atoms with E-state index < -0.39 is 0 Å². The lowest BCUT2D eigenvalue weighted by atomic mass is 9.78. The fourth-order valence-corrected chi connectivity index (χ4v) is 2.61. The highest BCUT2D eigenvalue weighted by molar-refractivity contribution is 6.62. The van der Waals surface area contributed by atoms with Gasteiger partial charge in [0, 0.05) is 5.69 Å². The zero-order valence-corrected chi connectivity index (χ0v) is 14.3. The van der Waals surface area contributed by atoms with Gasteiger partial charge >= 0.3 is 7.12 Å². The number of fused-ring (bicyclic) bond motifs is 1. The van der Waals surface area contributed by atoms with Crippen LogP contribution in [0.25, 0.3) is 10.9 Å². The van der Waals surface area contributed by atoms with Crippen LogP contribution in [0, 0.1) is 0 Å². The van der Waals surface area contributed by atoms with Gasteiger partial charge in [0.2, 0.25) is 0 Å². The maximum Gasteiger partial charge on any atom is 0.494 e. The molecule has 0 bridgehead atoms. The van der Waals surface area contributed by atoms with E-state index in [1.54, 1.807) is 0 Å². The summed E-state index contributed by atoms with van der Waals surface area (Å²) in [7, 11) is -0.320. The highest BCUT2D eigenvalue weighted by atomic mass is 16.7. The molecule has 1 aromatic heterocycles. The molecule has 0 amide bonds. The third kappa shape index (κ3) is 2.55. The summed E-state index contributed by atoms with van der Waals surface area (Å²) in [6, 6.07) is 10.5. The van der Waals surface area contributed by atoms with Gasteiger partial charge in [-0.1, -0.05) is 32.0 Å². The van der Waals surface area contributed by atoms with E-state index in [-0.39, 0.29) is 18.3 Å². The Morgan fingerprint density at radius 1 is 0.955 bits per heavy atom. The minimum Gasteiger partial charge on any atom is -0.399 e. The minimum atomic E-state index is -0.320. The zero-order chi connectivity index (χ0) is 16.1. The molecule has 0 atom stereocenters. The van der Waals surface area contributed by atoms with Gasteiger partial charge in [0.25, 0.3) is 0 Å². The summed E-state index contributed by atoms with van der Waals surface area (Å²) in [6.07, 6.45) is 0. The van der Waals surface area contributed by atoms with Crippen molar-refractivity contribution >= 4 is 23.5 Å². The Morgan fingerprint density at radius 3 is 2.18 bits per heavy atom. The second kappa shape index (κ2) is 5.07. The quantitative estimate of drug-likeness (QED) is 0.793. The van der Waals surface area contributed by atoms with Crippen LogP contribution in [0.5, 0.6) is 0 Å². The summed E-state index contributed by atoms with van der Waals surface area (Å²) in [4.78, 5) is 4.72. The van der Waals surface area contributed by atoms with Crippen LogP contribution in [-0.4, -0.2) is 23.3 Å². The molecule has 0 unspecified atom stereocenters. The van der Waals surface area contributed by atoms with E-state index in [1.165, 1.54) is 0 Å². The Morgan fingerprint density at radius 2 is 1.59 bits per heavy atom. The Bertz CT molecular complexity index is 693. The fourth-order valence-electron chi connectivity index (χ4n) is 2.61. The van der Waals surface area contributed by atoms with Gasteiger partial charge in [0.05, 0.1) is 16.7 Å². The van der Waals surface area contributed by atoms with E-state index in [9.17, 15) is 0 Å². The van der Waals surface area contributed by atoms with Crippen LogP contribution in [0.4, 0.5) is 0 Å². The van der Waals surface area contributed by atoms with E-state index in [1.807, 2.05) is 0 Å². The molecule has 1 aliphatic rings. The average Bonchev–Trinajstić information content (AvgIpc) is 2.66. The summed E-state index contributed by atoms with van der Waals surface area (Å²) in [6.45, 7) is 12.6. The summed E-state index contributed by atoms with van der Waals surface area (Å²) >= 11 is 0. The van der Waals surface area contributed by atoms with Gasteiger partial charge in [-0.2, -0.15) is 0 Å². The Balaban J connectivity index is 1.95. The first-order valence-corrected chi connectivity index (χ1v) is 7.96. The van der Waals surface area contributed by atoms with Crippen molar-refractivity contribution in [2.45, 2.75) is 58.7 Å². The van der Waals surface area contributed by atoms with E-state index in [0.29, 0.717) is 5.92 Å². The summed E-state index contributed by atoms with van der Waals surface area (Å²) < 4.78 is 12.2. The topological polar surface area (TPSA) is 31.4 Å². The molecule has 1 aliphatic heterocycles. The highest BCUT2D eigenvalue weighted by Crippen LogP contribution is 2.36. The van der Waals surface area contributed by atoms with Crippen molar-refractivity contribution in [3.8, 4) is 0 Å². The van der Waals surface area contributed by atoms with E-state index in [4.69, 9.17) is 14.3 Å². The van der Waals surface area contributed by atoms with Crippen LogP contribution >= 0.6 is 0 Å². The molecule has 116 valence electrons. The van der Waals surface area contributed by atoms with Gasteiger partial charge in [-0.25, -0.2) is 0 Å². The van der Waals surface area contributed by atoms with Gasteiger partial charge in [-0.05, 0) is 56.6 Å². The lowest BCUT2D eigenvalue weighted by molar-refractivity contribution is 0.00578. The van der Waals surface area contributed by atoms with Gasteiger partial charge in [0.15, 0.2) is 0 Å². The Labute approximate surface area is 133 Å². The summed E-state index contributed by atoms with van der Waals surface area (Å²) in [5.41, 5.74) is 2.56. The largest absolute Gasteiger partial charge is 0.494 e. The van der Waals surface area contributed by atoms with Gasteiger partial charge < -0.3 is 9.31 Å². The standard InChI is InChI=1S/C18H24BNO2/c1-12(2)15-9-7-13-11-14(8-10-16(13)20-15)19-21-17(3,4)18(5,6)22-19/h7-12H,1-6H3. The second-order valence-corrected chi connectivity index (χ2v) is 7.43. The van der Waals surface area contributed by atoms with Crippen LogP contribution in [0.1, 0.15) is 53.2 Å². The van der Waals surface area contributed by atoms with Crippen LogP contribution < -0.4 is 5.46 Å². The molecule has 1 saturated heterocycles. The number of aromatic nitrogens is 1. The van der Waals surface area contributed by atoms with Crippen LogP contribution in [-0.2, 0) is 9.31 Å². The third-order valence-corrected chi connectivity index (χ3v) is 4.85. The SMILES string of the molecule is CC(C)c1ccc2cc(B3OC(C)(C)C(C)(C)O3)ccc2n1. The predicted molar refractivity (Wildman–Crippen MR) is 91.5 cm³/mol. The molecule has 0 N–H and O–H groups in total.